The first-order valence-corrected chi connectivity index (χ1v) is 11.1. The van der Waals surface area contributed by atoms with Crippen molar-refractivity contribution in [2.75, 3.05) is 0 Å². The summed E-state index contributed by atoms with van der Waals surface area (Å²) >= 11 is 0. The van der Waals surface area contributed by atoms with Crippen molar-refractivity contribution < 1.29 is 18.5 Å². The Hall–Kier alpha value is -4.07. The van der Waals surface area contributed by atoms with E-state index in [0.717, 1.165) is 12.0 Å². The molecule has 0 aliphatic rings. The van der Waals surface area contributed by atoms with E-state index in [0.29, 0.717) is 33.5 Å². The number of fused-ring (bicyclic) bond motifs is 1. The summed E-state index contributed by atoms with van der Waals surface area (Å²) in [7, 11) is 0. The van der Waals surface area contributed by atoms with Crippen LogP contribution in [0, 0.1) is 12.7 Å². The normalized spacial score (nSPS) is 11.9. The van der Waals surface area contributed by atoms with E-state index in [4.69, 9.17) is 4.52 Å². The van der Waals surface area contributed by atoms with Gasteiger partial charge in [0.2, 0.25) is 0 Å². The van der Waals surface area contributed by atoms with Gasteiger partial charge in [-0.2, -0.15) is 0 Å². The molecule has 0 aliphatic heterocycles. The number of nitrogens with one attached hydrogen (secondary N) is 2. The fourth-order valence-electron chi connectivity index (χ4n) is 3.55. The molecule has 4 rings (SSSR count). The standard InChI is InChI=1S/C26H25FN4O3/c1-4-15(2)29-24(32)19-7-5-6-17(12-19)14-28-25(33)21-13-22(18-8-10-20(27)11-9-18)30-26-23(21)16(3)31-34-26/h5-13,15H,4,14H2,1-3H3,(H,28,33)(H,29,32). The number of nitrogens with zero attached hydrogens (tertiary/aromatic N) is 2. The highest BCUT2D eigenvalue weighted by atomic mass is 19.1. The molecule has 4 aromatic rings. The minimum Gasteiger partial charge on any atom is -0.350 e. The molecule has 0 saturated heterocycles. The van der Waals surface area contributed by atoms with E-state index in [1.807, 2.05) is 19.9 Å². The Morgan fingerprint density at radius 2 is 1.85 bits per heavy atom. The SMILES string of the molecule is CCC(C)NC(=O)c1cccc(CNC(=O)c2cc(-c3ccc(F)cc3)nc3onc(C)c23)c1. The van der Waals surface area contributed by atoms with Gasteiger partial charge >= 0.3 is 0 Å². The Kier molecular flexibility index (Phi) is 6.67. The molecule has 1 atom stereocenters. The Morgan fingerprint density at radius 1 is 1.09 bits per heavy atom. The van der Waals surface area contributed by atoms with E-state index >= 15 is 0 Å². The number of aryl methyl sites for hydroxylation is 1. The summed E-state index contributed by atoms with van der Waals surface area (Å²) in [6.07, 6.45) is 0.837. The Labute approximate surface area is 196 Å². The number of pyridine rings is 1. The van der Waals surface area contributed by atoms with E-state index in [1.54, 1.807) is 43.3 Å². The van der Waals surface area contributed by atoms with E-state index < -0.39 is 0 Å². The van der Waals surface area contributed by atoms with Gasteiger partial charge < -0.3 is 15.2 Å². The summed E-state index contributed by atoms with van der Waals surface area (Å²) in [6.45, 7) is 5.92. The molecule has 2 amide bonds. The van der Waals surface area contributed by atoms with Gasteiger partial charge in [-0.3, -0.25) is 9.59 Å². The molecule has 0 spiro atoms. The zero-order chi connectivity index (χ0) is 24.2. The fourth-order valence-corrected chi connectivity index (χ4v) is 3.55. The highest BCUT2D eigenvalue weighted by Gasteiger charge is 2.19. The van der Waals surface area contributed by atoms with Crippen LogP contribution in [0.1, 0.15) is 52.2 Å². The number of hydrogen-bond acceptors (Lipinski definition) is 5. The van der Waals surface area contributed by atoms with Crippen LogP contribution in [0.15, 0.2) is 59.1 Å². The molecule has 0 radical (unpaired) electrons. The Bertz CT molecular complexity index is 1350. The molecule has 2 aromatic heterocycles. The van der Waals surface area contributed by atoms with Crippen LogP contribution in [0.5, 0.6) is 0 Å². The van der Waals surface area contributed by atoms with Crippen LogP contribution < -0.4 is 10.6 Å². The highest BCUT2D eigenvalue weighted by Crippen LogP contribution is 2.27. The number of rotatable bonds is 7. The van der Waals surface area contributed by atoms with Crippen LogP contribution in [0.2, 0.25) is 0 Å². The number of halogens is 1. The van der Waals surface area contributed by atoms with Gasteiger partial charge in [-0.1, -0.05) is 24.2 Å². The summed E-state index contributed by atoms with van der Waals surface area (Å²) in [5, 5.41) is 10.3. The van der Waals surface area contributed by atoms with Gasteiger partial charge in [0.05, 0.1) is 22.3 Å². The molecule has 0 bridgehead atoms. The molecule has 1 unspecified atom stereocenters. The Morgan fingerprint density at radius 3 is 2.59 bits per heavy atom. The fraction of sp³-hybridized carbons (Fsp3) is 0.231. The average Bonchev–Trinajstić information content (AvgIpc) is 3.23. The third kappa shape index (κ3) is 4.96. The first-order valence-electron chi connectivity index (χ1n) is 11.1. The smallest absolute Gasteiger partial charge is 0.259 e. The quantitative estimate of drug-likeness (QED) is 0.413. The summed E-state index contributed by atoms with van der Waals surface area (Å²) in [6, 6.07) is 14.7. The molecule has 2 heterocycles. The maximum atomic E-state index is 13.3. The molecule has 0 aliphatic carbocycles. The molecule has 174 valence electrons. The number of benzene rings is 2. The van der Waals surface area contributed by atoms with Gasteiger partial charge in [-0.15, -0.1) is 0 Å². The van der Waals surface area contributed by atoms with Crippen molar-refractivity contribution in [3.63, 3.8) is 0 Å². The monoisotopic (exact) mass is 460 g/mol. The van der Waals surface area contributed by atoms with Crippen LogP contribution in [0.3, 0.4) is 0 Å². The number of hydrogen-bond donors (Lipinski definition) is 2. The van der Waals surface area contributed by atoms with E-state index in [-0.39, 0.29) is 35.9 Å². The second kappa shape index (κ2) is 9.82. The van der Waals surface area contributed by atoms with Crippen molar-refractivity contribution >= 4 is 22.9 Å². The summed E-state index contributed by atoms with van der Waals surface area (Å²) in [5.41, 5.74) is 3.57. The molecule has 2 N–H and O–H groups in total. The molecular weight excluding hydrogens is 435 g/mol. The van der Waals surface area contributed by atoms with Crippen molar-refractivity contribution in [3.8, 4) is 11.3 Å². The molecule has 2 aromatic carbocycles. The minimum atomic E-state index is -0.363. The van der Waals surface area contributed by atoms with Crippen LogP contribution in [0.25, 0.3) is 22.4 Å². The Balaban J connectivity index is 1.58. The maximum Gasteiger partial charge on any atom is 0.259 e. The van der Waals surface area contributed by atoms with Gasteiger partial charge in [0.1, 0.15) is 5.82 Å². The van der Waals surface area contributed by atoms with Crippen LogP contribution in [-0.2, 0) is 6.54 Å². The van der Waals surface area contributed by atoms with Gasteiger partial charge in [-0.25, -0.2) is 9.37 Å². The van der Waals surface area contributed by atoms with Crippen molar-refractivity contribution in [2.45, 2.75) is 39.8 Å². The van der Waals surface area contributed by atoms with Gasteiger partial charge in [0.25, 0.3) is 17.5 Å². The summed E-state index contributed by atoms with van der Waals surface area (Å²) < 4.78 is 18.7. The van der Waals surface area contributed by atoms with Crippen LogP contribution in [0.4, 0.5) is 4.39 Å². The second-order valence-corrected chi connectivity index (χ2v) is 8.18. The highest BCUT2D eigenvalue weighted by molar-refractivity contribution is 6.07. The lowest BCUT2D eigenvalue weighted by Crippen LogP contribution is -2.32. The number of amides is 2. The lowest BCUT2D eigenvalue weighted by atomic mass is 10.0. The van der Waals surface area contributed by atoms with Crippen LogP contribution >= 0.6 is 0 Å². The van der Waals surface area contributed by atoms with Crippen molar-refractivity contribution in [3.05, 3.63) is 82.8 Å². The lowest BCUT2D eigenvalue weighted by Gasteiger charge is -2.12. The van der Waals surface area contributed by atoms with Gasteiger partial charge in [0, 0.05) is 23.7 Å². The molecular formula is C26H25FN4O3. The van der Waals surface area contributed by atoms with Gasteiger partial charge in [0.15, 0.2) is 0 Å². The van der Waals surface area contributed by atoms with Crippen molar-refractivity contribution in [1.82, 2.24) is 20.8 Å². The molecule has 7 nitrogen and oxygen atoms in total. The topological polar surface area (TPSA) is 97.1 Å². The molecule has 34 heavy (non-hydrogen) atoms. The zero-order valence-corrected chi connectivity index (χ0v) is 19.2. The number of carbonyl (C=O) groups is 2. The number of carbonyl (C=O) groups excluding carboxylic acids is 2. The number of aromatic nitrogens is 2. The van der Waals surface area contributed by atoms with E-state index in [2.05, 4.69) is 20.8 Å². The zero-order valence-electron chi connectivity index (χ0n) is 19.2. The van der Waals surface area contributed by atoms with Crippen LogP contribution in [-0.4, -0.2) is 28.0 Å². The largest absolute Gasteiger partial charge is 0.350 e. The minimum absolute atomic E-state index is 0.0760. The molecule has 0 fully saturated rings. The second-order valence-electron chi connectivity index (χ2n) is 8.18. The lowest BCUT2D eigenvalue weighted by molar-refractivity contribution is 0.0937. The van der Waals surface area contributed by atoms with E-state index in [1.165, 1.54) is 12.1 Å². The first-order chi connectivity index (χ1) is 16.4. The van der Waals surface area contributed by atoms with Crippen molar-refractivity contribution in [2.24, 2.45) is 0 Å². The molecule has 8 heteroatoms. The predicted molar refractivity (Wildman–Crippen MR) is 127 cm³/mol. The third-order valence-electron chi connectivity index (χ3n) is 5.63. The average molecular weight is 461 g/mol. The maximum absolute atomic E-state index is 13.3. The van der Waals surface area contributed by atoms with Gasteiger partial charge in [-0.05, 0) is 68.3 Å². The predicted octanol–water partition coefficient (Wildman–Crippen LogP) is 4.80. The third-order valence-corrected chi connectivity index (χ3v) is 5.63. The molecule has 0 saturated carbocycles. The first kappa shape index (κ1) is 23.1. The summed E-state index contributed by atoms with van der Waals surface area (Å²) in [4.78, 5) is 30.0. The van der Waals surface area contributed by atoms with Crippen molar-refractivity contribution in [1.29, 1.82) is 0 Å². The van der Waals surface area contributed by atoms with E-state index in [9.17, 15) is 14.0 Å². The summed E-state index contributed by atoms with van der Waals surface area (Å²) in [5.74, 6) is -0.850.